The zero-order valence-electron chi connectivity index (χ0n) is 24.9. The van der Waals surface area contributed by atoms with Gasteiger partial charge in [-0.1, -0.05) is 68.8 Å². The Morgan fingerprint density at radius 3 is 2.20 bits per heavy atom. The van der Waals surface area contributed by atoms with Gasteiger partial charge in [-0.25, -0.2) is 4.79 Å². The van der Waals surface area contributed by atoms with Crippen molar-refractivity contribution < 1.29 is 19.1 Å². The van der Waals surface area contributed by atoms with Crippen LogP contribution in [-0.2, 0) is 14.3 Å². The highest BCUT2D eigenvalue weighted by atomic mass is 16.6. The summed E-state index contributed by atoms with van der Waals surface area (Å²) < 4.78 is 5.43. The lowest BCUT2D eigenvalue weighted by Gasteiger charge is -2.35. The second-order valence-electron chi connectivity index (χ2n) is 11.4. The van der Waals surface area contributed by atoms with Crippen LogP contribution in [0.15, 0.2) is 60.7 Å². The second-order valence-corrected chi connectivity index (χ2v) is 11.4. The number of ether oxygens (including phenoxy) is 1. The second kappa shape index (κ2) is 13.3. The van der Waals surface area contributed by atoms with Crippen LogP contribution in [0.25, 0.3) is 10.8 Å². The molecule has 3 aromatic carbocycles. The predicted molar refractivity (Wildman–Crippen MR) is 161 cm³/mol. The number of rotatable bonds is 9. The zero-order chi connectivity index (χ0) is 30.3. The smallest absolute Gasteiger partial charge is 0.408 e. The third-order valence-corrected chi connectivity index (χ3v) is 7.07. The van der Waals surface area contributed by atoms with Crippen molar-refractivity contribution >= 4 is 34.4 Å². The molecule has 8 heteroatoms. The topological polar surface area (TPSA) is 112 Å². The third-order valence-electron chi connectivity index (χ3n) is 7.07. The van der Waals surface area contributed by atoms with Crippen LogP contribution in [-0.4, -0.2) is 41.0 Å². The van der Waals surface area contributed by atoms with Gasteiger partial charge in [-0.15, -0.1) is 0 Å². The van der Waals surface area contributed by atoms with Gasteiger partial charge in [-0.2, -0.15) is 5.26 Å². The average Bonchev–Trinajstić information content (AvgIpc) is 2.91. The number of fused-ring (bicyclic) bond motifs is 1. The van der Waals surface area contributed by atoms with Crippen molar-refractivity contribution in [2.45, 2.75) is 72.6 Å². The van der Waals surface area contributed by atoms with E-state index >= 15 is 0 Å². The Morgan fingerprint density at radius 2 is 1.61 bits per heavy atom. The lowest BCUT2D eigenvalue weighted by Crippen LogP contribution is -2.55. The quantitative estimate of drug-likeness (QED) is 0.295. The van der Waals surface area contributed by atoms with E-state index in [2.05, 4.69) is 16.7 Å². The molecular formula is C33H40N4O4. The number of carbonyl (C=O) groups is 3. The van der Waals surface area contributed by atoms with E-state index in [-0.39, 0.29) is 12.5 Å². The molecule has 0 saturated carbocycles. The summed E-state index contributed by atoms with van der Waals surface area (Å²) in [5.41, 5.74) is 2.05. The van der Waals surface area contributed by atoms with E-state index in [1.807, 2.05) is 88.4 Å². The number of hydrogen-bond acceptors (Lipinski definition) is 5. The summed E-state index contributed by atoms with van der Waals surface area (Å²) in [6.07, 6.45) is -0.165. The Balaban J connectivity index is 2.08. The van der Waals surface area contributed by atoms with Crippen molar-refractivity contribution in [2.75, 3.05) is 11.9 Å². The fourth-order valence-electron chi connectivity index (χ4n) is 4.83. The van der Waals surface area contributed by atoms with E-state index in [1.54, 1.807) is 20.8 Å². The summed E-state index contributed by atoms with van der Waals surface area (Å²) in [5.74, 6) is -1.28. The monoisotopic (exact) mass is 556 g/mol. The van der Waals surface area contributed by atoms with Crippen LogP contribution in [0.5, 0.6) is 0 Å². The number of carbonyl (C=O) groups excluding carboxylic acids is 3. The molecule has 8 nitrogen and oxygen atoms in total. The summed E-state index contributed by atoms with van der Waals surface area (Å²) in [6.45, 7) is 12.4. The molecule has 2 N–H and O–H groups in total. The molecule has 0 spiro atoms. The molecule has 3 unspecified atom stereocenters. The van der Waals surface area contributed by atoms with Gasteiger partial charge in [0.15, 0.2) is 0 Å². The number of nitrogens with one attached hydrogen (secondary N) is 2. The van der Waals surface area contributed by atoms with Gasteiger partial charge < -0.3 is 20.3 Å². The van der Waals surface area contributed by atoms with Gasteiger partial charge in [0.1, 0.15) is 24.2 Å². The summed E-state index contributed by atoms with van der Waals surface area (Å²) in [5, 5.41) is 17.5. The summed E-state index contributed by atoms with van der Waals surface area (Å²) in [6, 6.07) is 19.0. The Kier molecular flexibility index (Phi) is 10.1. The zero-order valence-corrected chi connectivity index (χ0v) is 24.9. The Labute approximate surface area is 242 Å². The number of hydrogen-bond donors (Lipinski definition) is 2. The largest absolute Gasteiger partial charge is 0.444 e. The molecule has 0 aliphatic carbocycles. The van der Waals surface area contributed by atoms with Crippen LogP contribution in [0.2, 0.25) is 0 Å². The van der Waals surface area contributed by atoms with Crippen molar-refractivity contribution in [1.82, 2.24) is 10.2 Å². The number of aryl methyl sites for hydroxylation is 2. The molecule has 0 saturated heterocycles. The van der Waals surface area contributed by atoms with Gasteiger partial charge in [0, 0.05) is 5.69 Å². The van der Waals surface area contributed by atoms with Gasteiger partial charge in [0.25, 0.3) is 5.91 Å². The highest BCUT2D eigenvalue weighted by Crippen LogP contribution is 2.31. The van der Waals surface area contributed by atoms with Crippen molar-refractivity contribution in [1.29, 1.82) is 5.26 Å². The number of nitriles is 1. The average molecular weight is 557 g/mol. The maximum absolute atomic E-state index is 14.2. The molecule has 3 atom stereocenters. The van der Waals surface area contributed by atoms with Crippen LogP contribution in [0.1, 0.15) is 63.8 Å². The van der Waals surface area contributed by atoms with E-state index < -0.39 is 35.6 Å². The fraction of sp³-hybridized carbons (Fsp3) is 0.394. The Morgan fingerprint density at radius 1 is 0.976 bits per heavy atom. The van der Waals surface area contributed by atoms with E-state index in [0.29, 0.717) is 17.7 Å². The van der Waals surface area contributed by atoms with E-state index in [9.17, 15) is 19.6 Å². The molecule has 0 bridgehead atoms. The van der Waals surface area contributed by atoms with E-state index in [4.69, 9.17) is 4.74 Å². The molecule has 0 aliphatic rings. The number of benzene rings is 3. The lowest BCUT2D eigenvalue weighted by molar-refractivity contribution is -0.141. The SMILES string of the molecule is CCC(C)C(NC(=O)OC(C)(C)C)C(=O)N(CC#N)C(C(=O)Nc1ccc2ccccc2c1)c1c(C)cccc1C. The summed E-state index contributed by atoms with van der Waals surface area (Å²) in [7, 11) is 0. The first kappa shape index (κ1) is 31.2. The maximum Gasteiger partial charge on any atom is 0.408 e. The molecule has 41 heavy (non-hydrogen) atoms. The molecule has 0 fully saturated rings. The molecule has 216 valence electrons. The first-order valence-electron chi connectivity index (χ1n) is 13.9. The highest BCUT2D eigenvalue weighted by Gasteiger charge is 2.39. The molecule has 3 amide bonds. The summed E-state index contributed by atoms with van der Waals surface area (Å²) >= 11 is 0. The number of nitrogens with zero attached hydrogens (tertiary/aromatic N) is 2. The van der Waals surface area contributed by atoms with Crippen molar-refractivity contribution in [3.05, 3.63) is 77.4 Å². The van der Waals surface area contributed by atoms with Gasteiger partial charge >= 0.3 is 6.09 Å². The number of anilines is 1. The number of amides is 3. The lowest BCUT2D eigenvalue weighted by atomic mass is 9.92. The summed E-state index contributed by atoms with van der Waals surface area (Å²) in [4.78, 5) is 42.4. The molecule has 3 aromatic rings. The van der Waals surface area contributed by atoms with Crippen molar-refractivity contribution in [3.63, 3.8) is 0 Å². The van der Waals surface area contributed by atoms with Crippen LogP contribution in [0, 0.1) is 31.1 Å². The van der Waals surface area contributed by atoms with Crippen LogP contribution < -0.4 is 10.6 Å². The third kappa shape index (κ3) is 7.85. The minimum Gasteiger partial charge on any atom is -0.444 e. The first-order valence-corrected chi connectivity index (χ1v) is 13.9. The maximum atomic E-state index is 14.2. The molecular weight excluding hydrogens is 516 g/mol. The van der Waals surface area contributed by atoms with Gasteiger partial charge in [0.2, 0.25) is 5.91 Å². The van der Waals surface area contributed by atoms with Gasteiger partial charge in [0.05, 0.1) is 6.07 Å². The fourth-order valence-corrected chi connectivity index (χ4v) is 4.83. The van der Waals surface area contributed by atoms with Crippen molar-refractivity contribution in [2.24, 2.45) is 5.92 Å². The molecule has 0 radical (unpaired) electrons. The predicted octanol–water partition coefficient (Wildman–Crippen LogP) is 6.43. The Hall–Kier alpha value is -4.38. The molecule has 0 heterocycles. The minimum atomic E-state index is -1.12. The molecule has 0 aliphatic heterocycles. The standard InChI is InChI=1S/C33H40N4O4/c1-8-21(2)28(36-32(40)41-33(5,6)7)31(39)37(19-18-34)29(27-22(3)12-11-13-23(27)4)30(38)35-26-17-16-24-14-9-10-15-25(24)20-26/h9-17,20-21,28-29H,8,19H2,1-7H3,(H,35,38)(H,36,40). The molecule has 0 aromatic heterocycles. The van der Waals surface area contributed by atoms with Gasteiger partial charge in [-0.3, -0.25) is 9.59 Å². The van der Waals surface area contributed by atoms with Crippen LogP contribution in [0.4, 0.5) is 10.5 Å². The van der Waals surface area contributed by atoms with Crippen LogP contribution >= 0.6 is 0 Å². The van der Waals surface area contributed by atoms with E-state index in [1.165, 1.54) is 4.90 Å². The minimum absolute atomic E-state index is 0.293. The van der Waals surface area contributed by atoms with Gasteiger partial charge in [-0.05, 0) is 80.1 Å². The van der Waals surface area contributed by atoms with Crippen molar-refractivity contribution in [3.8, 4) is 6.07 Å². The molecule has 3 rings (SSSR count). The first-order chi connectivity index (χ1) is 19.4. The normalized spacial score (nSPS) is 13.4. The number of alkyl carbamates (subject to hydrolysis) is 1. The van der Waals surface area contributed by atoms with E-state index in [0.717, 1.165) is 21.9 Å². The highest BCUT2D eigenvalue weighted by molar-refractivity contribution is 6.01. The van der Waals surface area contributed by atoms with Crippen LogP contribution in [0.3, 0.4) is 0 Å². The Bertz CT molecular complexity index is 1430.